The first-order valence-corrected chi connectivity index (χ1v) is 49.9. The van der Waals surface area contributed by atoms with Crippen LogP contribution < -0.4 is 0 Å². The van der Waals surface area contributed by atoms with E-state index in [1.54, 1.807) is 7.11 Å². The first kappa shape index (κ1) is 87.6. The van der Waals surface area contributed by atoms with E-state index in [4.69, 9.17) is 16.3 Å². The standard InChI is InChI=1S/C29H40N2O.C26H35ClN2O.C26H40N2O2.C25H36F2N2O/c1-20(18-31-16-15-30-19-31)26-7-8-27-25-6-5-22-17-29(32,13-9-21-3-4-21)14-11-23(22)24(25)10-12-28(26,27)2;1-18(16-29-14-13-28-17-29)23-5-6-24-22-4-3-19-15-26(30,11-12-27)10-8-20(19)21(22)7-9-25(23,24)2;1-18(15-28-13-12-27-17-28)23-6-7-24-22-5-4-19-14-26(29,16-30-3)11-9-20(19)21(22)8-10-25(23,24)2;1-16(14-29-12-11-28-15-29)21-5-6-22-20-4-3-17-13-25(30,23(26)27)10-8-18(17)19(20)7-9-24(21,22)2/h15-16,19,21-27,32H,1,3-8,10-12,14,17-18H2,2H3;13-14,17,19-24,30H,1,3-10,15-16H2,2H3;12-13,17,19-24,29H,1,4-11,14-16H2,2-3H3;11-12,15,17-23,30H,1,3-10,13-14H2,2H3/t22-,23+,24-,25-,26-,27+,28-,29+;19-,20+,21-,22-,23-,24+,25-,26-;19-,20+,21-,22-,23-,24+,25-,26+;17-,18+,19-,20-,21-,22+,24-,25+/m1111/s1. The third-order valence-corrected chi connectivity index (χ3v) is 40.2. The zero-order valence-electron chi connectivity index (χ0n) is 75.1. The minimum atomic E-state index is -2.61. The third-order valence-electron chi connectivity index (χ3n) is 40.1. The van der Waals surface area contributed by atoms with Crippen molar-refractivity contribution >= 4 is 11.6 Å². The van der Waals surface area contributed by atoms with Crippen LogP contribution in [0.2, 0.25) is 0 Å². The maximum absolute atomic E-state index is 13.4. The fourth-order valence-electron chi connectivity index (χ4n) is 34.6. The Balaban J connectivity index is 0.000000111. The minimum Gasteiger partial charge on any atom is -0.387 e. The number of imidazole rings is 4. The molecule has 4 aromatic heterocycles. The van der Waals surface area contributed by atoms with Crippen molar-refractivity contribution < 1.29 is 33.9 Å². The number of methoxy groups -OCH3 is 1. The lowest BCUT2D eigenvalue weighted by Gasteiger charge is -2.57. The van der Waals surface area contributed by atoms with Gasteiger partial charge in [0.15, 0.2) is 0 Å². The smallest absolute Gasteiger partial charge is 0.266 e. The monoisotopic (exact) mass is 1690 g/mol. The molecule has 13 nitrogen and oxygen atoms in total. The predicted molar refractivity (Wildman–Crippen MR) is 480 cm³/mol. The summed E-state index contributed by atoms with van der Waals surface area (Å²) in [5.74, 6) is 28.0. The van der Waals surface area contributed by atoms with E-state index in [1.165, 1.54) is 189 Å². The molecule has 122 heavy (non-hydrogen) atoms. The molecular formula is C106H151ClF2N8O5. The van der Waals surface area contributed by atoms with Crippen LogP contribution in [0.3, 0.4) is 0 Å². The van der Waals surface area contributed by atoms with Gasteiger partial charge in [0.25, 0.3) is 6.43 Å². The van der Waals surface area contributed by atoms with Crippen LogP contribution in [0, 0.1) is 193 Å². The maximum atomic E-state index is 13.4. The van der Waals surface area contributed by atoms with Gasteiger partial charge >= 0.3 is 0 Å². The largest absolute Gasteiger partial charge is 0.387 e. The zero-order valence-corrected chi connectivity index (χ0v) is 75.8. The second kappa shape index (κ2) is 35.0. The highest BCUT2D eigenvalue weighted by molar-refractivity contribution is 6.30. The van der Waals surface area contributed by atoms with E-state index < -0.39 is 28.8 Å². The van der Waals surface area contributed by atoms with Gasteiger partial charge in [-0.05, 0) is 419 Å². The number of ether oxygens (including phenoxy) is 1. The van der Waals surface area contributed by atoms with Crippen molar-refractivity contribution in [3.63, 3.8) is 0 Å². The molecule has 0 saturated heterocycles. The average molecular weight is 1690 g/mol. The number of aliphatic hydroxyl groups is 4. The summed E-state index contributed by atoms with van der Waals surface area (Å²) in [6.07, 6.45) is 64.8. The molecule has 666 valence electrons. The number of allylic oxidation sites excluding steroid dienone is 4. The highest BCUT2D eigenvalue weighted by atomic mass is 35.5. The van der Waals surface area contributed by atoms with Crippen LogP contribution in [-0.2, 0) is 30.9 Å². The van der Waals surface area contributed by atoms with Gasteiger partial charge in [-0.15, -0.1) is 0 Å². The van der Waals surface area contributed by atoms with Crippen LogP contribution in [-0.4, -0.2) is 101 Å². The summed E-state index contributed by atoms with van der Waals surface area (Å²) in [5, 5.41) is 45.8. The van der Waals surface area contributed by atoms with Crippen molar-refractivity contribution in [3.8, 4) is 23.1 Å². The van der Waals surface area contributed by atoms with Gasteiger partial charge in [0.1, 0.15) is 16.8 Å². The van der Waals surface area contributed by atoms with Gasteiger partial charge < -0.3 is 43.4 Å². The number of hydrogen-bond donors (Lipinski definition) is 4. The summed E-state index contributed by atoms with van der Waals surface area (Å²) in [6, 6.07) is 0. The van der Waals surface area contributed by atoms with E-state index in [9.17, 15) is 29.2 Å². The third kappa shape index (κ3) is 16.8. The highest BCUT2D eigenvalue weighted by Crippen LogP contribution is 2.71. The molecule has 0 amide bonds. The Morgan fingerprint density at radius 1 is 0.385 bits per heavy atom. The van der Waals surface area contributed by atoms with E-state index in [1.807, 2.05) is 56.3 Å². The molecule has 17 aliphatic rings. The van der Waals surface area contributed by atoms with Gasteiger partial charge in [0, 0.05) is 94.2 Å². The Morgan fingerprint density at radius 3 is 1.01 bits per heavy atom. The molecule has 17 saturated carbocycles. The highest BCUT2D eigenvalue weighted by Gasteiger charge is 2.64. The van der Waals surface area contributed by atoms with E-state index in [0.717, 1.165) is 173 Å². The van der Waals surface area contributed by atoms with Crippen LogP contribution in [0.4, 0.5) is 8.78 Å². The van der Waals surface area contributed by atoms with Gasteiger partial charge in [-0.1, -0.05) is 94.1 Å². The number of hydrogen-bond acceptors (Lipinski definition) is 9. The van der Waals surface area contributed by atoms with Gasteiger partial charge in [-0.2, -0.15) is 0 Å². The first-order valence-electron chi connectivity index (χ1n) is 49.5. The molecule has 0 radical (unpaired) electrons. The van der Waals surface area contributed by atoms with E-state index in [-0.39, 0.29) is 12.3 Å². The minimum absolute atomic E-state index is 0.279. The SMILES string of the molecule is C=C(Cn1ccnc1)[C@H]1CC[C@H]2[C@@H]3CC[C@@H]4C[C@](O)(C#CC5CC5)CC[C@@H]4[C@H]3CC[C@]12C.C=C(Cn1ccnc1)[C@H]1CC[C@H]2[C@@H]3CC[C@@H]4C[C@](O)(C#CCl)CC[C@@H]4[C@H]3CC[C@]12C.C=C(Cn1ccnc1)[C@H]1CC[C@H]2[C@@H]3CC[C@@H]4C[C@](O)(C(F)F)CC[C@@H]4[C@H]3CC[C@]12C.C=C(Cn1ccnc1)[C@H]1CC[C@H]2[C@@H]3CC[C@@H]4C[C@](O)(COC)CC[C@@H]4[C@H]3CC[C@]12C. The molecule has 0 unspecified atom stereocenters. The van der Waals surface area contributed by atoms with Crippen LogP contribution in [0.25, 0.3) is 0 Å². The molecule has 16 heteroatoms. The van der Waals surface area contributed by atoms with Crippen molar-refractivity contribution in [3.05, 3.63) is 123 Å². The van der Waals surface area contributed by atoms with E-state index >= 15 is 0 Å². The van der Waals surface area contributed by atoms with Crippen molar-refractivity contribution in [1.82, 2.24) is 38.2 Å². The fraction of sp³-hybridized carbons (Fsp3) is 0.774. The second-order valence-electron chi connectivity index (χ2n) is 45.9. The maximum Gasteiger partial charge on any atom is 0.266 e. The van der Waals surface area contributed by atoms with Crippen molar-refractivity contribution in [2.45, 2.75) is 327 Å². The number of rotatable bonds is 15. The summed E-state index contributed by atoms with van der Waals surface area (Å²) in [7, 11) is 1.72. The van der Waals surface area contributed by atoms with Crippen LogP contribution in [0.5, 0.6) is 0 Å². The lowest BCUT2D eigenvalue weighted by Crippen LogP contribution is -2.52. The number of nitrogens with zero attached hydrogens (tertiary/aromatic N) is 8. The zero-order chi connectivity index (χ0) is 84.9. The quantitative estimate of drug-likeness (QED) is 0.0671. The summed E-state index contributed by atoms with van der Waals surface area (Å²) in [6.45, 7) is 32.6. The molecule has 4 heterocycles. The van der Waals surface area contributed by atoms with Gasteiger partial charge in [0.05, 0.1) is 37.5 Å². The first-order chi connectivity index (χ1) is 58.6. The normalized spacial score (nSPS) is 45.3. The fourth-order valence-corrected chi connectivity index (χ4v) is 34.8. The molecule has 21 rings (SSSR count). The molecule has 4 N–H and O–H groups in total. The van der Waals surface area contributed by atoms with Crippen LogP contribution in [0.15, 0.2) is 123 Å². The predicted octanol–water partition coefficient (Wildman–Crippen LogP) is 22.3. The average Bonchev–Trinajstić information content (AvgIpc) is 1.49. The Hall–Kier alpha value is -5.13. The molecule has 17 fully saturated rings. The Morgan fingerprint density at radius 2 is 0.697 bits per heavy atom. The van der Waals surface area contributed by atoms with Crippen LogP contribution in [0.1, 0.15) is 272 Å². The molecular weight excluding hydrogens is 1540 g/mol. The van der Waals surface area contributed by atoms with Gasteiger partial charge in [-0.25, -0.2) is 28.7 Å². The Kier molecular flexibility index (Phi) is 25.2. The molecule has 0 aromatic carbocycles. The topological polar surface area (TPSA) is 161 Å². The van der Waals surface area contributed by atoms with E-state index in [2.05, 4.69) is 134 Å². The van der Waals surface area contributed by atoms with Crippen molar-refractivity contribution in [2.24, 2.45) is 170 Å². The molecule has 0 aliphatic heterocycles. The summed E-state index contributed by atoms with van der Waals surface area (Å²) in [4.78, 5) is 16.8. The lowest BCUT2D eigenvalue weighted by atomic mass is 9.48. The molecule has 4 aromatic rings. The van der Waals surface area contributed by atoms with Gasteiger partial charge in [-0.3, -0.25) is 0 Å². The molecule has 17 aliphatic carbocycles. The lowest BCUT2D eigenvalue weighted by molar-refractivity contribution is -0.158. The number of fused-ring (bicyclic) bond motifs is 20. The van der Waals surface area contributed by atoms with Crippen LogP contribution >= 0.6 is 11.6 Å². The summed E-state index contributed by atoms with van der Waals surface area (Å²) < 4.78 is 40.8. The van der Waals surface area contributed by atoms with Crippen molar-refractivity contribution in [1.29, 1.82) is 0 Å². The number of alkyl halides is 2. The number of halogens is 3. The summed E-state index contributed by atoms with van der Waals surface area (Å²) in [5.41, 5.74) is 3.30. The number of aromatic nitrogens is 8. The Bertz CT molecular complexity index is 4430. The molecule has 0 bridgehead atoms. The Labute approximate surface area is 736 Å². The second-order valence-corrected chi connectivity index (χ2v) is 46.1. The van der Waals surface area contributed by atoms with E-state index in [0.29, 0.717) is 93.9 Å². The van der Waals surface area contributed by atoms with Crippen molar-refractivity contribution in [2.75, 3.05) is 13.7 Å². The molecule has 32 atom stereocenters. The molecule has 0 spiro atoms. The summed E-state index contributed by atoms with van der Waals surface area (Å²) >= 11 is 5.64. The van der Waals surface area contributed by atoms with Gasteiger partial charge in [0.2, 0.25) is 0 Å².